The number of benzene rings is 3. The third kappa shape index (κ3) is 3.73. The van der Waals surface area contributed by atoms with Crippen molar-refractivity contribution >= 4 is 57.4 Å². The maximum absolute atomic E-state index is 14.8. The van der Waals surface area contributed by atoms with Crippen LogP contribution >= 0.6 is 23.5 Å². The van der Waals surface area contributed by atoms with E-state index < -0.39 is 0 Å². The van der Waals surface area contributed by atoms with Crippen LogP contribution < -0.4 is 9.21 Å². The second-order valence-electron chi connectivity index (χ2n) is 8.19. The molecule has 1 saturated heterocycles. The van der Waals surface area contributed by atoms with Crippen LogP contribution in [0.1, 0.15) is 6.42 Å². The number of hydrogen-bond acceptors (Lipinski definition) is 6. The minimum absolute atomic E-state index is 0.311. The first-order chi connectivity index (χ1) is 16.6. The smallest absolute Gasteiger partial charge is 0.257 e. The van der Waals surface area contributed by atoms with Gasteiger partial charge in [-0.15, -0.1) is 10.2 Å². The standard InChI is InChI=1S/C25H20ClFN6S/c1-31(24-22-8-5-18(26)13-23(22)32-15-28-30-25(32)29-24)21-12-17(11-19(27)14-21)16-3-6-20(7-4-16)33-9-2-10-34-33/h3-8,11-15H,2,9-10H2,1H3. The predicted molar refractivity (Wildman–Crippen MR) is 138 cm³/mol. The zero-order valence-electron chi connectivity index (χ0n) is 18.3. The molecule has 0 amide bonds. The molecular weight excluding hydrogens is 471 g/mol. The quantitative estimate of drug-likeness (QED) is 0.273. The summed E-state index contributed by atoms with van der Waals surface area (Å²) in [6, 6.07) is 18.9. The van der Waals surface area contributed by atoms with Crippen LogP contribution in [0, 0.1) is 5.82 Å². The third-order valence-electron chi connectivity index (χ3n) is 6.02. The Morgan fingerprint density at radius 1 is 1.03 bits per heavy atom. The van der Waals surface area contributed by atoms with Crippen molar-refractivity contribution in [1.29, 1.82) is 0 Å². The maximum Gasteiger partial charge on any atom is 0.257 e. The number of halogens is 2. The molecule has 34 heavy (non-hydrogen) atoms. The Morgan fingerprint density at radius 3 is 2.68 bits per heavy atom. The molecular formula is C25H20ClFN6S. The lowest BCUT2D eigenvalue weighted by molar-refractivity contribution is 0.628. The molecule has 0 unspecified atom stereocenters. The second kappa shape index (κ2) is 8.45. The van der Waals surface area contributed by atoms with Crippen LogP contribution in [0.3, 0.4) is 0 Å². The van der Waals surface area contributed by atoms with Crippen molar-refractivity contribution in [2.24, 2.45) is 0 Å². The minimum Gasteiger partial charge on any atom is -0.329 e. The summed E-state index contributed by atoms with van der Waals surface area (Å²) in [4.78, 5) is 6.57. The summed E-state index contributed by atoms with van der Waals surface area (Å²) in [6.45, 7) is 1.06. The molecule has 3 aromatic carbocycles. The van der Waals surface area contributed by atoms with E-state index in [-0.39, 0.29) is 5.82 Å². The molecule has 0 radical (unpaired) electrons. The van der Waals surface area contributed by atoms with Gasteiger partial charge in [-0.2, -0.15) is 4.98 Å². The maximum atomic E-state index is 14.8. The molecule has 0 saturated carbocycles. The highest BCUT2D eigenvalue weighted by Crippen LogP contribution is 2.35. The summed E-state index contributed by atoms with van der Waals surface area (Å²) in [5.41, 5.74) is 4.45. The number of nitrogens with zero attached hydrogens (tertiary/aromatic N) is 6. The van der Waals surface area contributed by atoms with Crippen LogP contribution in [0.4, 0.5) is 21.6 Å². The first kappa shape index (κ1) is 21.2. The number of rotatable bonds is 4. The first-order valence-corrected chi connectivity index (χ1v) is 12.2. The van der Waals surface area contributed by atoms with E-state index in [0.717, 1.165) is 34.3 Å². The summed E-state index contributed by atoms with van der Waals surface area (Å²) in [6.07, 6.45) is 2.80. The Morgan fingerprint density at radius 2 is 1.88 bits per heavy atom. The van der Waals surface area contributed by atoms with E-state index in [4.69, 9.17) is 16.6 Å². The van der Waals surface area contributed by atoms with E-state index in [2.05, 4.69) is 26.6 Å². The molecule has 2 aromatic heterocycles. The molecule has 1 fully saturated rings. The van der Waals surface area contributed by atoms with Gasteiger partial charge in [0.25, 0.3) is 5.78 Å². The number of hydrogen-bond donors (Lipinski definition) is 0. The Balaban J connectivity index is 1.41. The lowest BCUT2D eigenvalue weighted by atomic mass is 10.0. The molecule has 6 nitrogen and oxygen atoms in total. The highest BCUT2D eigenvalue weighted by atomic mass is 35.5. The molecule has 1 aliphatic heterocycles. The van der Waals surface area contributed by atoms with Crippen molar-refractivity contribution in [3.8, 4) is 11.1 Å². The summed E-state index contributed by atoms with van der Waals surface area (Å²) in [5, 5.41) is 9.55. The number of fused-ring (bicyclic) bond motifs is 3. The molecule has 0 spiro atoms. The Labute approximate surface area is 205 Å². The van der Waals surface area contributed by atoms with Gasteiger partial charge in [-0.25, -0.2) is 4.39 Å². The summed E-state index contributed by atoms with van der Waals surface area (Å²) < 4.78 is 18.9. The molecule has 0 atom stereocenters. The average molecular weight is 491 g/mol. The Kier molecular flexibility index (Phi) is 5.27. The van der Waals surface area contributed by atoms with E-state index in [0.29, 0.717) is 22.3 Å². The van der Waals surface area contributed by atoms with Crippen LogP contribution in [-0.4, -0.2) is 38.9 Å². The topological polar surface area (TPSA) is 49.6 Å². The molecule has 0 aliphatic carbocycles. The number of aromatic nitrogens is 4. The molecule has 3 heterocycles. The van der Waals surface area contributed by atoms with E-state index in [1.54, 1.807) is 16.8 Å². The second-order valence-corrected chi connectivity index (χ2v) is 9.73. The van der Waals surface area contributed by atoms with Crippen LogP contribution in [0.15, 0.2) is 67.0 Å². The van der Waals surface area contributed by atoms with E-state index in [1.807, 2.05) is 60.3 Å². The third-order valence-corrected chi connectivity index (χ3v) is 7.44. The van der Waals surface area contributed by atoms with Gasteiger partial charge in [-0.3, -0.25) is 4.40 Å². The number of anilines is 3. The summed E-state index contributed by atoms with van der Waals surface area (Å²) >= 11 is 8.10. The van der Waals surface area contributed by atoms with Crippen LogP contribution in [0.5, 0.6) is 0 Å². The fourth-order valence-corrected chi connectivity index (χ4v) is 5.48. The van der Waals surface area contributed by atoms with Crippen LogP contribution in [-0.2, 0) is 0 Å². The van der Waals surface area contributed by atoms with Gasteiger partial charge in [0.1, 0.15) is 18.0 Å². The minimum atomic E-state index is -0.311. The van der Waals surface area contributed by atoms with Crippen LogP contribution in [0.25, 0.3) is 27.8 Å². The van der Waals surface area contributed by atoms with Crippen molar-refractivity contribution in [2.75, 3.05) is 28.6 Å². The van der Waals surface area contributed by atoms with Gasteiger partial charge >= 0.3 is 0 Å². The van der Waals surface area contributed by atoms with Crippen molar-refractivity contribution in [3.05, 3.63) is 77.8 Å². The Bertz CT molecular complexity index is 1510. The van der Waals surface area contributed by atoms with Crippen LogP contribution in [0.2, 0.25) is 5.02 Å². The van der Waals surface area contributed by atoms with Gasteiger partial charge in [-0.05, 0) is 78.0 Å². The SMILES string of the molecule is CN(c1cc(F)cc(-c2ccc(N3CCCS3)cc2)c1)c1nc2nncn2c2cc(Cl)ccc12. The lowest BCUT2D eigenvalue weighted by Gasteiger charge is -2.22. The lowest BCUT2D eigenvalue weighted by Crippen LogP contribution is -2.13. The average Bonchev–Trinajstić information content (AvgIpc) is 3.55. The van der Waals surface area contributed by atoms with E-state index in [9.17, 15) is 4.39 Å². The van der Waals surface area contributed by atoms with Gasteiger partial charge in [0.2, 0.25) is 0 Å². The molecule has 1 aliphatic rings. The Hall–Kier alpha value is -3.36. The fourth-order valence-electron chi connectivity index (χ4n) is 4.31. The normalized spacial score (nSPS) is 13.8. The molecule has 0 bridgehead atoms. The highest BCUT2D eigenvalue weighted by molar-refractivity contribution is 8.00. The van der Waals surface area contributed by atoms with Gasteiger partial charge in [0.05, 0.1) is 5.52 Å². The van der Waals surface area contributed by atoms with E-state index >= 15 is 0 Å². The molecule has 0 N–H and O–H groups in total. The zero-order valence-corrected chi connectivity index (χ0v) is 19.9. The van der Waals surface area contributed by atoms with Gasteiger partial charge in [0, 0.05) is 41.1 Å². The zero-order chi connectivity index (χ0) is 23.2. The first-order valence-electron chi connectivity index (χ1n) is 10.9. The highest BCUT2D eigenvalue weighted by Gasteiger charge is 2.17. The summed E-state index contributed by atoms with van der Waals surface area (Å²) in [7, 11) is 1.87. The largest absolute Gasteiger partial charge is 0.329 e. The molecule has 6 rings (SSSR count). The van der Waals surface area contributed by atoms with Crippen molar-refractivity contribution in [2.45, 2.75) is 6.42 Å². The van der Waals surface area contributed by atoms with Crippen molar-refractivity contribution in [3.63, 3.8) is 0 Å². The summed E-state index contributed by atoms with van der Waals surface area (Å²) in [5.74, 6) is 1.93. The van der Waals surface area contributed by atoms with Crippen molar-refractivity contribution in [1.82, 2.24) is 19.6 Å². The fraction of sp³-hybridized carbons (Fsp3) is 0.160. The van der Waals surface area contributed by atoms with Gasteiger partial charge < -0.3 is 9.21 Å². The van der Waals surface area contributed by atoms with Gasteiger partial charge in [-0.1, -0.05) is 23.7 Å². The molecule has 9 heteroatoms. The van der Waals surface area contributed by atoms with Crippen molar-refractivity contribution < 1.29 is 4.39 Å². The monoisotopic (exact) mass is 490 g/mol. The molecule has 170 valence electrons. The van der Waals surface area contributed by atoms with E-state index in [1.165, 1.54) is 18.2 Å². The van der Waals surface area contributed by atoms with Gasteiger partial charge in [0.15, 0.2) is 0 Å². The predicted octanol–water partition coefficient (Wildman–Crippen LogP) is 6.36. The molecule has 5 aromatic rings.